The molecule has 5 rings (SSSR count). The van der Waals surface area contributed by atoms with Gasteiger partial charge < -0.3 is 14.8 Å². The molecule has 1 aliphatic heterocycles. The fourth-order valence-corrected chi connectivity index (χ4v) is 5.59. The van der Waals surface area contributed by atoms with Crippen LogP contribution in [0.3, 0.4) is 0 Å². The number of rotatable bonds is 9. The van der Waals surface area contributed by atoms with Crippen molar-refractivity contribution < 1.29 is 22.7 Å². The van der Waals surface area contributed by atoms with E-state index >= 15 is 0 Å². The Morgan fingerprint density at radius 1 is 1.03 bits per heavy atom. The van der Waals surface area contributed by atoms with Gasteiger partial charge in [0.05, 0.1) is 18.6 Å². The van der Waals surface area contributed by atoms with Crippen molar-refractivity contribution in [2.24, 2.45) is 0 Å². The fraction of sp³-hybridized carbons (Fsp3) is 0.280. The Kier molecular flexibility index (Phi) is 7.01. The first kappa shape index (κ1) is 24.7. The summed E-state index contributed by atoms with van der Waals surface area (Å²) in [5.74, 6) is 1.27. The maximum Gasteiger partial charge on any atom is 0.251 e. The summed E-state index contributed by atoms with van der Waals surface area (Å²) in [7, 11) is -1.91. The van der Waals surface area contributed by atoms with Gasteiger partial charge in [-0.2, -0.15) is 8.82 Å². The number of fused-ring (bicyclic) bond motifs is 1. The van der Waals surface area contributed by atoms with E-state index in [0.717, 1.165) is 18.4 Å². The summed E-state index contributed by atoms with van der Waals surface area (Å²) < 4.78 is 39.3. The molecule has 0 radical (unpaired) electrons. The van der Waals surface area contributed by atoms with Gasteiger partial charge in [0, 0.05) is 30.3 Å². The average molecular weight is 523 g/mol. The molecule has 3 heterocycles. The van der Waals surface area contributed by atoms with Crippen LogP contribution in [0.25, 0.3) is 17.0 Å². The SMILES string of the molecule is COc1cccc(-c2nnc3ccc(OCCNC(=O)c4ccc(S(=O)(=O)N5CCCC5)cc4)nn23)c1. The highest BCUT2D eigenvalue weighted by Crippen LogP contribution is 2.23. The lowest BCUT2D eigenvalue weighted by Gasteiger charge is -2.15. The number of amides is 1. The first-order valence-corrected chi connectivity index (χ1v) is 13.3. The van der Waals surface area contributed by atoms with E-state index in [4.69, 9.17) is 9.47 Å². The molecule has 1 amide bonds. The highest BCUT2D eigenvalue weighted by Gasteiger charge is 2.27. The number of methoxy groups -OCH3 is 1. The second kappa shape index (κ2) is 10.5. The monoisotopic (exact) mass is 522 g/mol. The van der Waals surface area contributed by atoms with Crippen molar-refractivity contribution in [2.75, 3.05) is 33.4 Å². The van der Waals surface area contributed by atoms with E-state index in [2.05, 4.69) is 20.6 Å². The Bertz CT molecular complexity index is 1510. The summed E-state index contributed by atoms with van der Waals surface area (Å²) in [5, 5.41) is 15.6. The molecule has 11 nitrogen and oxygen atoms in total. The number of nitrogens with zero attached hydrogens (tertiary/aromatic N) is 5. The number of hydrogen-bond acceptors (Lipinski definition) is 8. The van der Waals surface area contributed by atoms with Crippen LogP contribution in [0.2, 0.25) is 0 Å². The van der Waals surface area contributed by atoms with Gasteiger partial charge in [0.25, 0.3) is 5.91 Å². The van der Waals surface area contributed by atoms with E-state index < -0.39 is 10.0 Å². The third-order valence-corrected chi connectivity index (χ3v) is 7.94. The molecule has 0 aliphatic carbocycles. The molecule has 0 bridgehead atoms. The summed E-state index contributed by atoms with van der Waals surface area (Å²) in [6.07, 6.45) is 1.74. The van der Waals surface area contributed by atoms with Crippen LogP contribution in [0.5, 0.6) is 11.6 Å². The third kappa shape index (κ3) is 5.25. The number of hydrogen-bond donors (Lipinski definition) is 1. The maximum atomic E-state index is 12.6. The topological polar surface area (TPSA) is 128 Å². The van der Waals surface area contributed by atoms with Crippen molar-refractivity contribution in [1.29, 1.82) is 0 Å². The minimum atomic E-state index is -3.51. The predicted molar refractivity (Wildman–Crippen MR) is 135 cm³/mol. The van der Waals surface area contributed by atoms with E-state index in [-0.39, 0.29) is 24.0 Å². The van der Waals surface area contributed by atoms with E-state index in [1.165, 1.54) is 28.6 Å². The summed E-state index contributed by atoms with van der Waals surface area (Å²) in [4.78, 5) is 12.7. The smallest absolute Gasteiger partial charge is 0.251 e. The van der Waals surface area contributed by atoms with Crippen molar-refractivity contribution in [1.82, 2.24) is 29.4 Å². The van der Waals surface area contributed by atoms with Gasteiger partial charge in [-0.05, 0) is 55.3 Å². The fourth-order valence-electron chi connectivity index (χ4n) is 4.07. The Morgan fingerprint density at radius 3 is 2.57 bits per heavy atom. The second-order valence-electron chi connectivity index (χ2n) is 8.44. The molecule has 4 aromatic rings. The summed E-state index contributed by atoms with van der Waals surface area (Å²) in [6, 6.07) is 16.8. The standard InChI is InChI=1S/C25H26N6O5S/c1-35-20-6-4-5-19(17-20)24-28-27-22-11-12-23(29-31(22)24)36-16-13-26-25(32)18-7-9-21(10-8-18)37(33,34)30-14-2-3-15-30/h4-12,17H,2-3,13-16H2,1H3,(H,26,32). The Labute approximate surface area is 214 Å². The van der Waals surface area contributed by atoms with Crippen LogP contribution in [0.4, 0.5) is 0 Å². The summed E-state index contributed by atoms with van der Waals surface area (Å²) in [5.41, 5.74) is 1.73. The molecule has 1 N–H and O–H groups in total. The minimum Gasteiger partial charge on any atom is -0.497 e. The average Bonchev–Trinajstić information content (AvgIpc) is 3.62. The molecule has 2 aromatic heterocycles. The van der Waals surface area contributed by atoms with Gasteiger partial charge in [-0.3, -0.25) is 4.79 Å². The van der Waals surface area contributed by atoms with E-state index in [9.17, 15) is 13.2 Å². The molecule has 1 saturated heterocycles. The Hall–Kier alpha value is -4.03. The van der Waals surface area contributed by atoms with Crippen LogP contribution in [0.15, 0.2) is 65.6 Å². The van der Waals surface area contributed by atoms with Gasteiger partial charge in [0.2, 0.25) is 15.9 Å². The van der Waals surface area contributed by atoms with Gasteiger partial charge in [-0.1, -0.05) is 12.1 Å². The minimum absolute atomic E-state index is 0.183. The number of carbonyl (C=O) groups excluding carboxylic acids is 1. The molecule has 0 atom stereocenters. The maximum absolute atomic E-state index is 12.6. The van der Waals surface area contributed by atoms with Crippen LogP contribution in [0.1, 0.15) is 23.2 Å². The van der Waals surface area contributed by atoms with Gasteiger partial charge in [-0.15, -0.1) is 15.3 Å². The zero-order valence-electron chi connectivity index (χ0n) is 20.2. The molecule has 12 heteroatoms. The highest BCUT2D eigenvalue weighted by molar-refractivity contribution is 7.89. The first-order valence-electron chi connectivity index (χ1n) is 11.8. The van der Waals surface area contributed by atoms with Crippen LogP contribution in [-0.2, 0) is 10.0 Å². The predicted octanol–water partition coefficient (Wildman–Crippen LogP) is 2.39. The Morgan fingerprint density at radius 2 is 1.81 bits per heavy atom. The molecule has 2 aromatic carbocycles. The number of aromatic nitrogens is 4. The molecule has 37 heavy (non-hydrogen) atoms. The van der Waals surface area contributed by atoms with Crippen molar-refractivity contribution in [3.63, 3.8) is 0 Å². The lowest BCUT2D eigenvalue weighted by Crippen LogP contribution is -2.29. The number of ether oxygens (including phenoxy) is 2. The number of sulfonamides is 1. The van der Waals surface area contributed by atoms with Crippen molar-refractivity contribution in [3.05, 3.63) is 66.2 Å². The van der Waals surface area contributed by atoms with E-state index in [0.29, 0.717) is 41.8 Å². The zero-order chi connectivity index (χ0) is 25.8. The molecule has 0 unspecified atom stereocenters. The van der Waals surface area contributed by atoms with Crippen molar-refractivity contribution >= 4 is 21.6 Å². The van der Waals surface area contributed by atoms with Gasteiger partial charge in [0.15, 0.2) is 11.5 Å². The molecular formula is C25H26N6O5S. The number of benzene rings is 2. The third-order valence-electron chi connectivity index (χ3n) is 6.02. The van der Waals surface area contributed by atoms with E-state index in [1.807, 2.05) is 24.3 Å². The van der Waals surface area contributed by atoms with Crippen molar-refractivity contribution in [3.8, 4) is 23.0 Å². The molecule has 192 valence electrons. The summed E-state index contributed by atoms with van der Waals surface area (Å²) >= 11 is 0. The largest absolute Gasteiger partial charge is 0.497 e. The van der Waals surface area contributed by atoms with Crippen molar-refractivity contribution in [2.45, 2.75) is 17.7 Å². The van der Waals surface area contributed by atoms with Gasteiger partial charge in [0.1, 0.15) is 12.4 Å². The van der Waals surface area contributed by atoms with E-state index in [1.54, 1.807) is 23.8 Å². The van der Waals surface area contributed by atoms with Gasteiger partial charge >= 0.3 is 0 Å². The van der Waals surface area contributed by atoms with Crippen LogP contribution >= 0.6 is 0 Å². The lowest BCUT2D eigenvalue weighted by atomic mass is 10.2. The molecule has 1 aliphatic rings. The molecule has 0 saturated carbocycles. The highest BCUT2D eigenvalue weighted by atomic mass is 32.2. The summed E-state index contributed by atoms with van der Waals surface area (Å²) in [6.45, 7) is 1.48. The van der Waals surface area contributed by atoms with Gasteiger partial charge in [-0.25, -0.2) is 8.42 Å². The molecular weight excluding hydrogens is 496 g/mol. The Balaban J connectivity index is 1.18. The normalized spacial score (nSPS) is 14.1. The molecule has 1 fully saturated rings. The van der Waals surface area contributed by atoms with Crippen LogP contribution in [-0.4, -0.2) is 71.8 Å². The van der Waals surface area contributed by atoms with Crippen LogP contribution < -0.4 is 14.8 Å². The zero-order valence-corrected chi connectivity index (χ0v) is 21.0. The first-order chi connectivity index (χ1) is 18.0. The number of carbonyl (C=O) groups is 1. The lowest BCUT2D eigenvalue weighted by molar-refractivity contribution is 0.0946. The quantitative estimate of drug-likeness (QED) is 0.332. The van der Waals surface area contributed by atoms with Crippen LogP contribution in [0, 0.1) is 0 Å². The molecule has 0 spiro atoms. The second-order valence-corrected chi connectivity index (χ2v) is 10.4. The number of nitrogens with one attached hydrogen (secondary N) is 1.